The van der Waals surface area contributed by atoms with Crippen molar-refractivity contribution in [2.45, 2.75) is 19.5 Å². The highest BCUT2D eigenvalue weighted by atomic mass is 16.6. The van der Waals surface area contributed by atoms with E-state index in [1.165, 1.54) is 0 Å². The number of likely N-dealkylation sites (N-methyl/N-ethyl adjacent to an activating group) is 1. The maximum atomic E-state index is 12.9. The molecular weight excluding hydrogens is 344 g/mol. The van der Waals surface area contributed by atoms with Crippen LogP contribution >= 0.6 is 0 Å². The van der Waals surface area contributed by atoms with Crippen LogP contribution in [0.3, 0.4) is 0 Å². The summed E-state index contributed by atoms with van der Waals surface area (Å²) >= 11 is 0. The first-order valence-electron chi connectivity index (χ1n) is 8.97. The van der Waals surface area contributed by atoms with Crippen LogP contribution in [0.4, 0.5) is 0 Å². The van der Waals surface area contributed by atoms with Gasteiger partial charge < -0.3 is 19.5 Å². The molecule has 0 aliphatic carbocycles. The van der Waals surface area contributed by atoms with Crippen molar-refractivity contribution >= 4 is 5.91 Å². The summed E-state index contributed by atoms with van der Waals surface area (Å²) < 4.78 is 16.7. The van der Waals surface area contributed by atoms with E-state index in [2.05, 4.69) is 5.32 Å². The Labute approximate surface area is 160 Å². The minimum Gasteiger partial charge on any atom is -0.496 e. The van der Waals surface area contributed by atoms with Crippen LogP contribution in [0.2, 0.25) is 0 Å². The van der Waals surface area contributed by atoms with Gasteiger partial charge in [-0.05, 0) is 38.2 Å². The van der Waals surface area contributed by atoms with Crippen LogP contribution in [0, 0.1) is 6.92 Å². The topological polar surface area (TPSA) is 60.0 Å². The Bertz CT molecular complexity index is 820. The highest BCUT2D eigenvalue weighted by Crippen LogP contribution is 2.36. The van der Waals surface area contributed by atoms with Gasteiger partial charge in [-0.15, -0.1) is 0 Å². The molecule has 0 saturated carbocycles. The highest BCUT2D eigenvalue weighted by Gasteiger charge is 2.25. The normalized spacial score (nSPS) is 14.0. The first kappa shape index (κ1) is 19.0. The lowest BCUT2D eigenvalue weighted by Gasteiger charge is -2.26. The summed E-state index contributed by atoms with van der Waals surface area (Å²) in [5.41, 5.74) is 2.93. The third-order valence-corrected chi connectivity index (χ3v) is 4.65. The van der Waals surface area contributed by atoms with E-state index in [-0.39, 0.29) is 11.9 Å². The Morgan fingerprint density at radius 2 is 1.85 bits per heavy atom. The fourth-order valence-electron chi connectivity index (χ4n) is 3.27. The van der Waals surface area contributed by atoms with Crippen LogP contribution in [0.5, 0.6) is 17.2 Å². The predicted octanol–water partition coefficient (Wildman–Crippen LogP) is 2.69. The molecule has 1 atom stereocenters. The molecule has 144 valence electrons. The summed E-state index contributed by atoms with van der Waals surface area (Å²) in [7, 11) is 5.41. The summed E-state index contributed by atoms with van der Waals surface area (Å²) in [6.07, 6.45) is 0. The largest absolute Gasteiger partial charge is 0.496 e. The Kier molecular flexibility index (Phi) is 5.86. The number of rotatable bonds is 6. The van der Waals surface area contributed by atoms with Crippen LogP contribution in [-0.2, 0) is 11.3 Å². The average Bonchev–Trinajstić information content (AvgIpc) is 2.67. The molecule has 0 radical (unpaired) electrons. The van der Waals surface area contributed by atoms with Crippen LogP contribution in [0.1, 0.15) is 22.7 Å². The SMILES string of the molecule is COc1cc2c(cc1CNC(=O)[C@@H](c1ccccc1C)N(C)C)OCCO2. The van der Waals surface area contributed by atoms with Crippen molar-refractivity contribution in [3.8, 4) is 17.2 Å². The third kappa shape index (κ3) is 4.17. The van der Waals surface area contributed by atoms with Crippen molar-refractivity contribution in [1.82, 2.24) is 10.2 Å². The van der Waals surface area contributed by atoms with Crippen molar-refractivity contribution in [2.75, 3.05) is 34.4 Å². The number of carbonyl (C=O) groups excluding carboxylic acids is 1. The standard InChI is InChI=1S/C21H26N2O4/c1-14-7-5-6-8-16(14)20(23(2)3)21(24)22-13-15-11-18-19(12-17(15)25-4)27-10-9-26-18/h5-8,11-12,20H,9-10,13H2,1-4H3,(H,22,24)/t20-/m1/s1. The fraction of sp³-hybridized carbons (Fsp3) is 0.381. The molecular formula is C21H26N2O4. The number of nitrogens with one attached hydrogen (secondary N) is 1. The van der Waals surface area contributed by atoms with Gasteiger partial charge >= 0.3 is 0 Å². The second-order valence-corrected chi connectivity index (χ2v) is 6.75. The molecule has 0 bridgehead atoms. The Morgan fingerprint density at radius 3 is 2.48 bits per heavy atom. The predicted molar refractivity (Wildman–Crippen MR) is 103 cm³/mol. The molecule has 1 heterocycles. The number of ether oxygens (including phenoxy) is 3. The Morgan fingerprint density at radius 1 is 1.19 bits per heavy atom. The highest BCUT2D eigenvalue weighted by molar-refractivity contribution is 5.83. The molecule has 3 rings (SSSR count). The van der Waals surface area contributed by atoms with Gasteiger partial charge in [0.2, 0.25) is 5.91 Å². The summed E-state index contributed by atoms with van der Waals surface area (Å²) in [4.78, 5) is 14.9. The molecule has 0 fully saturated rings. The van der Waals surface area contributed by atoms with Crippen LogP contribution in [-0.4, -0.2) is 45.2 Å². The minimum absolute atomic E-state index is 0.0637. The lowest BCUT2D eigenvalue weighted by Crippen LogP contribution is -2.37. The van der Waals surface area contributed by atoms with Crippen molar-refractivity contribution in [1.29, 1.82) is 0 Å². The molecule has 6 heteroatoms. The molecule has 1 aliphatic rings. The van der Waals surface area contributed by atoms with Gasteiger partial charge in [0, 0.05) is 18.2 Å². The molecule has 0 unspecified atom stereocenters. The third-order valence-electron chi connectivity index (χ3n) is 4.65. The number of fused-ring (bicyclic) bond motifs is 1. The van der Waals surface area contributed by atoms with E-state index in [0.29, 0.717) is 37.0 Å². The zero-order valence-corrected chi connectivity index (χ0v) is 16.2. The first-order valence-corrected chi connectivity index (χ1v) is 8.97. The molecule has 1 N–H and O–H groups in total. The Balaban J connectivity index is 1.79. The average molecular weight is 370 g/mol. The molecule has 6 nitrogen and oxygen atoms in total. The van der Waals surface area contributed by atoms with E-state index in [1.54, 1.807) is 13.2 Å². The monoisotopic (exact) mass is 370 g/mol. The summed E-state index contributed by atoms with van der Waals surface area (Å²) in [6, 6.07) is 11.2. The zero-order chi connectivity index (χ0) is 19.4. The fourth-order valence-corrected chi connectivity index (χ4v) is 3.27. The molecule has 2 aromatic carbocycles. The second-order valence-electron chi connectivity index (χ2n) is 6.75. The zero-order valence-electron chi connectivity index (χ0n) is 16.2. The maximum Gasteiger partial charge on any atom is 0.242 e. The van der Waals surface area contributed by atoms with E-state index in [9.17, 15) is 4.79 Å². The number of amides is 1. The van der Waals surface area contributed by atoms with E-state index in [1.807, 2.05) is 56.3 Å². The molecule has 27 heavy (non-hydrogen) atoms. The number of aryl methyl sites for hydroxylation is 1. The van der Waals surface area contributed by atoms with Crippen LogP contribution in [0.25, 0.3) is 0 Å². The van der Waals surface area contributed by atoms with Gasteiger partial charge in [0.1, 0.15) is 25.0 Å². The van der Waals surface area contributed by atoms with E-state index in [4.69, 9.17) is 14.2 Å². The molecule has 2 aromatic rings. The van der Waals surface area contributed by atoms with Gasteiger partial charge in [0.15, 0.2) is 11.5 Å². The smallest absolute Gasteiger partial charge is 0.242 e. The van der Waals surface area contributed by atoms with E-state index >= 15 is 0 Å². The lowest BCUT2D eigenvalue weighted by molar-refractivity contribution is -0.126. The van der Waals surface area contributed by atoms with Crippen LogP contribution in [0.15, 0.2) is 36.4 Å². The van der Waals surface area contributed by atoms with Crippen molar-refractivity contribution < 1.29 is 19.0 Å². The van der Waals surface area contributed by atoms with Gasteiger partial charge in [-0.2, -0.15) is 0 Å². The first-order chi connectivity index (χ1) is 13.0. The lowest BCUT2D eigenvalue weighted by atomic mass is 9.99. The summed E-state index contributed by atoms with van der Waals surface area (Å²) in [6.45, 7) is 3.39. The van der Waals surface area contributed by atoms with Crippen molar-refractivity contribution in [3.63, 3.8) is 0 Å². The van der Waals surface area contributed by atoms with Crippen molar-refractivity contribution in [3.05, 3.63) is 53.1 Å². The molecule has 0 saturated heterocycles. The number of carbonyl (C=O) groups is 1. The minimum atomic E-state index is -0.366. The van der Waals surface area contributed by atoms with E-state index in [0.717, 1.165) is 16.7 Å². The van der Waals surface area contributed by atoms with Gasteiger partial charge in [-0.3, -0.25) is 9.69 Å². The quantitative estimate of drug-likeness (QED) is 0.847. The number of hydrogen-bond acceptors (Lipinski definition) is 5. The molecule has 0 aromatic heterocycles. The van der Waals surface area contributed by atoms with E-state index < -0.39 is 0 Å². The summed E-state index contributed by atoms with van der Waals surface area (Å²) in [5.74, 6) is 1.94. The van der Waals surface area contributed by atoms with Gasteiger partial charge in [-0.1, -0.05) is 24.3 Å². The molecule has 1 aliphatic heterocycles. The number of benzene rings is 2. The molecule has 1 amide bonds. The van der Waals surface area contributed by atoms with Gasteiger partial charge in [-0.25, -0.2) is 0 Å². The number of methoxy groups -OCH3 is 1. The van der Waals surface area contributed by atoms with Crippen molar-refractivity contribution in [2.24, 2.45) is 0 Å². The van der Waals surface area contributed by atoms with Gasteiger partial charge in [0.05, 0.1) is 7.11 Å². The Hall–Kier alpha value is -2.73. The molecule has 0 spiro atoms. The van der Waals surface area contributed by atoms with Crippen LogP contribution < -0.4 is 19.5 Å². The number of nitrogens with zero attached hydrogens (tertiary/aromatic N) is 1. The second kappa shape index (κ2) is 8.31. The maximum absolute atomic E-state index is 12.9. The number of hydrogen-bond donors (Lipinski definition) is 1. The van der Waals surface area contributed by atoms with Gasteiger partial charge in [0.25, 0.3) is 0 Å². The summed E-state index contributed by atoms with van der Waals surface area (Å²) in [5, 5.41) is 3.03.